The Kier molecular flexibility index (Phi) is 4.42. The van der Waals surface area contributed by atoms with Crippen LogP contribution >= 0.6 is 0 Å². The molecular formula is C16H16FNO3. The lowest BCUT2D eigenvalue weighted by atomic mass is 10.1. The molecule has 0 fully saturated rings. The lowest BCUT2D eigenvalue weighted by Crippen LogP contribution is -2.09. The molecule has 2 rings (SSSR count). The number of halogens is 1. The number of phenols is 1. The van der Waals surface area contributed by atoms with Crippen LogP contribution in [0.3, 0.4) is 0 Å². The largest absolute Gasteiger partial charge is 0.508 e. The predicted molar refractivity (Wildman–Crippen MR) is 77.9 cm³/mol. The van der Waals surface area contributed by atoms with Crippen molar-refractivity contribution >= 4 is 11.7 Å². The van der Waals surface area contributed by atoms with Crippen molar-refractivity contribution in [2.24, 2.45) is 0 Å². The van der Waals surface area contributed by atoms with Crippen LogP contribution in [0.2, 0.25) is 0 Å². The van der Waals surface area contributed by atoms with Crippen molar-refractivity contribution < 1.29 is 19.0 Å². The summed E-state index contributed by atoms with van der Waals surface area (Å²) >= 11 is 0. The summed E-state index contributed by atoms with van der Waals surface area (Å²) in [4.78, 5) is 11.5. The zero-order chi connectivity index (χ0) is 15.4. The van der Waals surface area contributed by atoms with Crippen LogP contribution in [0.4, 0.5) is 10.1 Å². The Balaban J connectivity index is 2.19. The SMILES string of the molecule is COC(=O)c1cc(NC(C)c2ccc(O)cc2)ccc1F. The number of phenolic OH excluding ortho intramolecular Hbond substituents is 1. The van der Waals surface area contributed by atoms with Gasteiger partial charge in [-0.1, -0.05) is 12.1 Å². The summed E-state index contributed by atoms with van der Waals surface area (Å²) in [6.07, 6.45) is 0. The summed E-state index contributed by atoms with van der Waals surface area (Å²) in [7, 11) is 1.21. The van der Waals surface area contributed by atoms with E-state index in [0.717, 1.165) is 5.56 Å². The third-order valence-electron chi connectivity index (χ3n) is 3.15. The first-order valence-electron chi connectivity index (χ1n) is 6.44. The molecule has 21 heavy (non-hydrogen) atoms. The molecule has 0 aromatic heterocycles. The van der Waals surface area contributed by atoms with Crippen LogP contribution < -0.4 is 5.32 Å². The van der Waals surface area contributed by atoms with Gasteiger partial charge in [0.05, 0.1) is 12.7 Å². The standard InChI is InChI=1S/C16H16FNO3/c1-10(11-3-6-13(19)7-4-11)18-12-5-8-15(17)14(9-12)16(20)21-2/h3-10,18-19H,1-2H3. The molecule has 0 heterocycles. The summed E-state index contributed by atoms with van der Waals surface area (Å²) in [6.45, 7) is 1.92. The number of hydrogen-bond donors (Lipinski definition) is 2. The highest BCUT2D eigenvalue weighted by Crippen LogP contribution is 2.23. The fourth-order valence-electron chi connectivity index (χ4n) is 1.98. The first-order chi connectivity index (χ1) is 10.0. The lowest BCUT2D eigenvalue weighted by Gasteiger charge is -2.16. The van der Waals surface area contributed by atoms with Crippen molar-refractivity contribution in [3.05, 3.63) is 59.4 Å². The predicted octanol–water partition coefficient (Wildman–Crippen LogP) is 3.49. The van der Waals surface area contributed by atoms with Crippen LogP contribution in [0.5, 0.6) is 5.75 Å². The minimum Gasteiger partial charge on any atom is -0.508 e. The maximum Gasteiger partial charge on any atom is 0.340 e. The number of benzene rings is 2. The van der Waals surface area contributed by atoms with E-state index in [-0.39, 0.29) is 17.4 Å². The van der Waals surface area contributed by atoms with Gasteiger partial charge >= 0.3 is 5.97 Å². The molecule has 1 atom stereocenters. The highest BCUT2D eigenvalue weighted by atomic mass is 19.1. The molecule has 0 saturated carbocycles. The van der Waals surface area contributed by atoms with Crippen molar-refractivity contribution in [3.8, 4) is 5.75 Å². The fourth-order valence-corrected chi connectivity index (χ4v) is 1.98. The lowest BCUT2D eigenvalue weighted by molar-refractivity contribution is 0.0595. The zero-order valence-corrected chi connectivity index (χ0v) is 11.8. The van der Waals surface area contributed by atoms with Crippen molar-refractivity contribution in [3.63, 3.8) is 0 Å². The summed E-state index contributed by atoms with van der Waals surface area (Å²) < 4.78 is 18.1. The van der Waals surface area contributed by atoms with Gasteiger partial charge in [0.2, 0.25) is 0 Å². The first-order valence-corrected chi connectivity index (χ1v) is 6.44. The molecule has 0 amide bonds. The molecule has 2 aromatic rings. The molecule has 110 valence electrons. The second-order valence-electron chi connectivity index (χ2n) is 4.64. The van der Waals surface area contributed by atoms with Crippen molar-refractivity contribution in [2.45, 2.75) is 13.0 Å². The molecule has 5 heteroatoms. The molecule has 2 N–H and O–H groups in total. The smallest absolute Gasteiger partial charge is 0.340 e. The van der Waals surface area contributed by atoms with Crippen molar-refractivity contribution in [1.29, 1.82) is 0 Å². The number of esters is 1. The van der Waals surface area contributed by atoms with E-state index in [2.05, 4.69) is 10.1 Å². The number of anilines is 1. The average Bonchev–Trinajstić information content (AvgIpc) is 2.49. The van der Waals surface area contributed by atoms with E-state index in [1.54, 1.807) is 30.3 Å². The Morgan fingerprint density at radius 2 is 1.90 bits per heavy atom. The summed E-state index contributed by atoms with van der Waals surface area (Å²) in [6, 6.07) is 10.9. The molecule has 0 aliphatic rings. The second kappa shape index (κ2) is 6.26. The van der Waals surface area contributed by atoms with E-state index in [0.29, 0.717) is 5.69 Å². The normalized spacial score (nSPS) is 11.8. The molecule has 0 saturated heterocycles. The molecular weight excluding hydrogens is 273 g/mol. The van der Waals surface area contributed by atoms with Gasteiger partial charge in [-0.05, 0) is 42.8 Å². The van der Waals surface area contributed by atoms with Crippen LogP contribution in [0.15, 0.2) is 42.5 Å². The van der Waals surface area contributed by atoms with Crippen LogP contribution in [0.25, 0.3) is 0 Å². The highest BCUT2D eigenvalue weighted by molar-refractivity contribution is 5.90. The van der Waals surface area contributed by atoms with Gasteiger partial charge in [-0.3, -0.25) is 0 Å². The van der Waals surface area contributed by atoms with Gasteiger partial charge in [0.15, 0.2) is 0 Å². The summed E-state index contributed by atoms with van der Waals surface area (Å²) in [5, 5.41) is 12.4. The average molecular weight is 289 g/mol. The number of aromatic hydroxyl groups is 1. The highest BCUT2D eigenvalue weighted by Gasteiger charge is 2.14. The van der Waals surface area contributed by atoms with Gasteiger partial charge in [-0.2, -0.15) is 0 Å². The number of nitrogens with one attached hydrogen (secondary N) is 1. The summed E-state index contributed by atoms with van der Waals surface area (Å²) in [5.41, 5.74) is 1.45. The van der Waals surface area contributed by atoms with Gasteiger partial charge in [-0.25, -0.2) is 9.18 Å². The maximum atomic E-state index is 13.6. The number of rotatable bonds is 4. The topological polar surface area (TPSA) is 58.6 Å². The minimum atomic E-state index is -0.714. The summed E-state index contributed by atoms with van der Waals surface area (Å²) in [5.74, 6) is -1.14. The minimum absolute atomic E-state index is 0.0680. The Morgan fingerprint density at radius 3 is 2.52 bits per heavy atom. The number of methoxy groups -OCH3 is 1. The van der Waals surface area contributed by atoms with E-state index >= 15 is 0 Å². The van der Waals surface area contributed by atoms with Crippen LogP contribution in [-0.4, -0.2) is 18.2 Å². The van der Waals surface area contributed by atoms with Gasteiger partial charge < -0.3 is 15.2 Å². The zero-order valence-electron chi connectivity index (χ0n) is 11.8. The molecule has 0 bridgehead atoms. The van der Waals surface area contributed by atoms with E-state index in [1.807, 2.05) is 6.92 Å². The van der Waals surface area contributed by atoms with Gasteiger partial charge in [-0.15, -0.1) is 0 Å². The Bertz CT molecular complexity index is 640. The van der Waals surface area contributed by atoms with E-state index in [1.165, 1.54) is 19.2 Å². The first kappa shape index (κ1) is 14.8. The van der Waals surface area contributed by atoms with Crippen molar-refractivity contribution in [2.75, 3.05) is 12.4 Å². The third kappa shape index (κ3) is 3.51. The molecule has 1 unspecified atom stereocenters. The quantitative estimate of drug-likeness (QED) is 0.846. The maximum absolute atomic E-state index is 13.6. The number of carbonyl (C=O) groups is 1. The Morgan fingerprint density at radius 1 is 1.24 bits per heavy atom. The molecule has 2 aromatic carbocycles. The molecule has 0 radical (unpaired) electrons. The van der Waals surface area contributed by atoms with Gasteiger partial charge in [0.25, 0.3) is 0 Å². The monoisotopic (exact) mass is 289 g/mol. The van der Waals surface area contributed by atoms with Crippen molar-refractivity contribution in [1.82, 2.24) is 0 Å². The van der Waals surface area contributed by atoms with Crippen LogP contribution in [0.1, 0.15) is 28.9 Å². The Hall–Kier alpha value is -2.56. The molecule has 0 aliphatic carbocycles. The second-order valence-corrected chi connectivity index (χ2v) is 4.64. The van der Waals surface area contributed by atoms with Crippen LogP contribution in [-0.2, 0) is 4.74 Å². The van der Waals surface area contributed by atoms with E-state index < -0.39 is 11.8 Å². The Labute approximate surface area is 122 Å². The third-order valence-corrected chi connectivity index (χ3v) is 3.15. The molecule has 0 spiro atoms. The fraction of sp³-hybridized carbons (Fsp3) is 0.188. The van der Waals surface area contributed by atoms with E-state index in [4.69, 9.17) is 0 Å². The van der Waals surface area contributed by atoms with Gasteiger partial charge in [0.1, 0.15) is 11.6 Å². The molecule has 4 nitrogen and oxygen atoms in total. The van der Waals surface area contributed by atoms with E-state index in [9.17, 15) is 14.3 Å². The number of ether oxygens (including phenoxy) is 1. The number of carbonyl (C=O) groups excluding carboxylic acids is 1. The van der Waals surface area contributed by atoms with Gasteiger partial charge in [0, 0.05) is 11.7 Å². The molecule has 0 aliphatic heterocycles. The number of hydrogen-bond acceptors (Lipinski definition) is 4. The van der Waals surface area contributed by atoms with Crippen LogP contribution in [0, 0.1) is 5.82 Å².